The first kappa shape index (κ1) is 19.6. The molecule has 0 unspecified atom stereocenters. The highest BCUT2D eigenvalue weighted by atomic mass is 16.5. The zero-order chi connectivity index (χ0) is 20.4. The maximum atomic E-state index is 5.86. The largest absolute Gasteiger partial charge is 0.489 e. The molecular weight excluding hydrogens is 370 g/mol. The number of hydrogen-bond acceptors (Lipinski definition) is 4. The summed E-state index contributed by atoms with van der Waals surface area (Å²) in [7, 11) is 0. The van der Waals surface area contributed by atoms with Crippen LogP contribution in [-0.2, 0) is 13.0 Å². The van der Waals surface area contributed by atoms with E-state index in [-0.39, 0.29) is 0 Å². The summed E-state index contributed by atoms with van der Waals surface area (Å²) < 4.78 is 5.86. The van der Waals surface area contributed by atoms with Crippen molar-refractivity contribution < 1.29 is 4.74 Å². The third-order valence-corrected chi connectivity index (χ3v) is 4.82. The van der Waals surface area contributed by atoms with Gasteiger partial charge in [0.2, 0.25) is 5.95 Å². The molecule has 0 aliphatic heterocycles. The van der Waals surface area contributed by atoms with Crippen molar-refractivity contribution in [2.24, 2.45) is 0 Å². The van der Waals surface area contributed by atoms with Crippen LogP contribution in [0.25, 0.3) is 11.3 Å². The van der Waals surface area contributed by atoms with Crippen LogP contribution in [0.2, 0.25) is 0 Å². The summed E-state index contributed by atoms with van der Waals surface area (Å²) in [5, 5.41) is 3.33. The second-order valence-corrected chi connectivity index (χ2v) is 7.08. The summed E-state index contributed by atoms with van der Waals surface area (Å²) in [6.45, 7) is 1.40. The standard InChI is InChI=1S/C26H25N3O/c1-3-8-21(9-4-1)12-7-18-27-26-28-19-17-25(29-26)23-13-15-24(16-14-23)30-20-22-10-5-2-6-11-22/h1-6,8-11,13-17,19H,7,12,18,20H2,(H,27,28,29). The zero-order valence-electron chi connectivity index (χ0n) is 16.9. The van der Waals surface area contributed by atoms with E-state index in [2.05, 4.69) is 51.7 Å². The predicted molar refractivity (Wildman–Crippen MR) is 121 cm³/mol. The quantitative estimate of drug-likeness (QED) is 0.366. The van der Waals surface area contributed by atoms with Crippen molar-refractivity contribution in [3.63, 3.8) is 0 Å². The molecule has 0 fully saturated rings. The van der Waals surface area contributed by atoms with E-state index in [9.17, 15) is 0 Å². The first-order valence-electron chi connectivity index (χ1n) is 10.2. The molecule has 150 valence electrons. The summed E-state index contributed by atoms with van der Waals surface area (Å²) in [4.78, 5) is 8.99. The van der Waals surface area contributed by atoms with E-state index in [0.717, 1.165) is 42.0 Å². The molecule has 4 aromatic rings. The van der Waals surface area contributed by atoms with Gasteiger partial charge in [0, 0.05) is 18.3 Å². The Kier molecular flexibility index (Phi) is 6.69. The Balaban J connectivity index is 1.30. The van der Waals surface area contributed by atoms with E-state index in [1.54, 1.807) is 6.20 Å². The Morgan fingerprint density at radius 2 is 1.43 bits per heavy atom. The molecule has 0 bridgehead atoms. The molecule has 0 saturated heterocycles. The van der Waals surface area contributed by atoms with Crippen LogP contribution >= 0.6 is 0 Å². The lowest BCUT2D eigenvalue weighted by Crippen LogP contribution is -2.06. The molecular formula is C26H25N3O. The molecule has 0 radical (unpaired) electrons. The summed E-state index contributed by atoms with van der Waals surface area (Å²) >= 11 is 0. The van der Waals surface area contributed by atoms with Crippen LogP contribution in [0.5, 0.6) is 5.75 Å². The van der Waals surface area contributed by atoms with Crippen molar-refractivity contribution in [2.75, 3.05) is 11.9 Å². The van der Waals surface area contributed by atoms with E-state index >= 15 is 0 Å². The molecule has 30 heavy (non-hydrogen) atoms. The van der Waals surface area contributed by atoms with Crippen molar-refractivity contribution in [2.45, 2.75) is 19.4 Å². The molecule has 1 N–H and O–H groups in total. The highest BCUT2D eigenvalue weighted by Gasteiger charge is 2.03. The predicted octanol–water partition coefficient (Wildman–Crippen LogP) is 5.77. The molecule has 4 rings (SSSR count). The van der Waals surface area contributed by atoms with Gasteiger partial charge in [0.15, 0.2) is 0 Å². The second-order valence-electron chi connectivity index (χ2n) is 7.08. The summed E-state index contributed by atoms with van der Waals surface area (Å²) in [5.41, 5.74) is 4.44. The summed E-state index contributed by atoms with van der Waals surface area (Å²) in [5.74, 6) is 1.50. The fourth-order valence-corrected chi connectivity index (χ4v) is 3.20. The molecule has 3 aromatic carbocycles. The number of hydrogen-bond donors (Lipinski definition) is 1. The van der Waals surface area contributed by atoms with Gasteiger partial charge in [-0.05, 0) is 54.3 Å². The molecule has 0 spiro atoms. The van der Waals surface area contributed by atoms with E-state index in [0.29, 0.717) is 12.6 Å². The highest BCUT2D eigenvalue weighted by molar-refractivity contribution is 5.60. The van der Waals surface area contributed by atoms with Crippen molar-refractivity contribution in [1.82, 2.24) is 9.97 Å². The number of ether oxygens (including phenoxy) is 1. The number of aryl methyl sites for hydroxylation is 1. The molecule has 1 aromatic heterocycles. The third-order valence-electron chi connectivity index (χ3n) is 4.82. The lowest BCUT2D eigenvalue weighted by atomic mass is 10.1. The number of nitrogens with zero attached hydrogens (tertiary/aromatic N) is 2. The van der Waals surface area contributed by atoms with Gasteiger partial charge in [0.1, 0.15) is 12.4 Å². The van der Waals surface area contributed by atoms with Crippen LogP contribution in [-0.4, -0.2) is 16.5 Å². The van der Waals surface area contributed by atoms with Crippen LogP contribution < -0.4 is 10.1 Å². The summed E-state index contributed by atoms with van der Waals surface area (Å²) in [6, 6.07) is 30.6. The van der Waals surface area contributed by atoms with Crippen LogP contribution in [0, 0.1) is 0 Å². The van der Waals surface area contributed by atoms with Gasteiger partial charge in [-0.1, -0.05) is 60.7 Å². The van der Waals surface area contributed by atoms with Gasteiger partial charge in [-0.3, -0.25) is 0 Å². The number of benzene rings is 3. The van der Waals surface area contributed by atoms with E-state index in [1.807, 2.05) is 54.6 Å². The number of aromatic nitrogens is 2. The van der Waals surface area contributed by atoms with Crippen LogP contribution in [0.3, 0.4) is 0 Å². The average Bonchev–Trinajstić information content (AvgIpc) is 2.82. The van der Waals surface area contributed by atoms with Gasteiger partial charge < -0.3 is 10.1 Å². The summed E-state index contributed by atoms with van der Waals surface area (Å²) in [6.07, 6.45) is 3.87. The highest BCUT2D eigenvalue weighted by Crippen LogP contribution is 2.22. The zero-order valence-corrected chi connectivity index (χ0v) is 16.9. The molecule has 0 atom stereocenters. The Morgan fingerprint density at radius 3 is 2.17 bits per heavy atom. The first-order valence-corrected chi connectivity index (χ1v) is 10.2. The lowest BCUT2D eigenvalue weighted by molar-refractivity contribution is 0.306. The van der Waals surface area contributed by atoms with Crippen molar-refractivity contribution >= 4 is 5.95 Å². The van der Waals surface area contributed by atoms with Crippen molar-refractivity contribution in [3.05, 3.63) is 108 Å². The van der Waals surface area contributed by atoms with E-state index in [4.69, 9.17) is 4.74 Å². The van der Waals surface area contributed by atoms with Gasteiger partial charge in [-0.2, -0.15) is 0 Å². The van der Waals surface area contributed by atoms with E-state index < -0.39 is 0 Å². The normalized spacial score (nSPS) is 10.5. The topological polar surface area (TPSA) is 47.0 Å². The molecule has 0 aliphatic carbocycles. The Morgan fingerprint density at radius 1 is 0.733 bits per heavy atom. The fourth-order valence-electron chi connectivity index (χ4n) is 3.20. The molecule has 0 amide bonds. The monoisotopic (exact) mass is 395 g/mol. The van der Waals surface area contributed by atoms with Crippen LogP contribution in [0.15, 0.2) is 97.2 Å². The van der Waals surface area contributed by atoms with Gasteiger partial charge in [-0.15, -0.1) is 0 Å². The Labute approximate surface area is 177 Å². The molecule has 4 heteroatoms. The van der Waals surface area contributed by atoms with Crippen LogP contribution in [0.4, 0.5) is 5.95 Å². The molecule has 0 saturated carbocycles. The van der Waals surface area contributed by atoms with Crippen LogP contribution in [0.1, 0.15) is 17.5 Å². The third kappa shape index (κ3) is 5.67. The number of rotatable bonds is 9. The second kappa shape index (κ2) is 10.2. The SMILES string of the molecule is c1ccc(CCCNc2nccc(-c3ccc(OCc4ccccc4)cc3)n2)cc1. The van der Waals surface area contributed by atoms with Gasteiger partial charge in [0.05, 0.1) is 5.69 Å². The minimum absolute atomic E-state index is 0.560. The number of anilines is 1. The Bertz CT molecular complexity index is 1030. The number of nitrogens with one attached hydrogen (secondary N) is 1. The minimum atomic E-state index is 0.560. The van der Waals surface area contributed by atoms with E-state index in [1.165, 1.54) is 5.56 Å². The maximum absolute atomic E-state index is 5.86. The fraction of sp³-hybridized carbons (Fsp3) is 0.154. The smallest absolute Gasteiger partial charge is 0.223 e. The Hall–Kier alpha value is -3.66. The molecule has 4 nitrogen and oxygen atoms in total. The first-order chi connectivity index (χ1) is 14.9. The maximum Gasteiger partial charge on any atom is 0.223 e. The minimum Gasteiger partial charge on any atom is -0.489 e. The van der Waals surface area contributed by atoms with Crippen molar-refractivity contribution in [1.29, 1.82) is 0 Å². The van der Waals surface area contributed by atoms with Gasteiger partial charge >= 0.3 is 0 Å². The van der Waals surface area contributed by atoms with Gasteiger partial charge in [-0.25, -0.2) is 9.97 Å². The van der Waals surface area contributed by atoms with Crippen molar-refractivity contribution in [3.8, 4) is 17.0 Å². The average molecular weight is 396 g/mol. The molecule has 0 aliphatic rings. The van der Waals surface area contributed by atoms with Gasteiger partial charge in [0.25, 0.3) is 0 Å². The lowest BCUT2D eigenvalue weighted by Gasteiger charge is -2.09. The molecule has 1 heterocycles.